The summed E-state index contributed by atoms with van der Waals surface area (Å²) >= 11 is 0. The Bertz CT molecular complexity index is 2810. The fourth-order valence-corrected chi connectivity index (χ4v) is 9.24. The molecule has 234 valence electrons. The molecule has 1 aromatic heterocycles. The molecule has 1 spiro atoms. The van der Waals surface area contributed by atoms with E-state index < -0.39 is 5.41 Å². The third-order valence-corrected chi connectivity index (χ3v) is 11.3. The van der Waals surface area contributed by atoms with E-state index in [-0.39, 0.29) is 0 Å². The number of imidazole rings is 1. The van der Waals surface area contributed by atoms with Crippen LogP contribution in [-0.2, 0) is 11.8 Å². The topological polar surface area (TPSA) is 17.8 Å². The molecule has 8 aromatic carbocycles. The lowest BCUT2D eigenvalue weighted by atomic mass is 9.69. The first-order chi connectivity index (χ1) is 24.7. The molecule has 9 aromatic rings. The van der Waals surface area contributed by atoms with E-state index in [0.29, 0.717) is 0 Å². The van der Waals surface area contributed by atoms with E-state index >= 15 is 0 Å². The first-order valence-corrected chi connectivity index (χ1v) is 17.6. The fourth-order valence-electron chi connectivity index (χ4n) is 9.24. The van der Waals surface area contributed by atoms with Crippen LogP contribution in [0.5, 0.6) is 0 Å². The molecule has 0 saturated carbocycles. The van der Waals surface area contributed by atoms with Crippen LogP contribution < -0.4 is 0 Å². The van der Waals surface area contributed by atoms with Crippen LogP contribution in [0.2, 0.25) is 0 Å². The zero-order chi connectivity index (χ0) is 33.0. The Morgan fingerprint density at radius 1 is 0.500 bits per heavy atom. The van der Waals surface area contributed by atoms with Gasteiger partial charge < -0.3 is 0 Å². The van der Waals surface area contributed by atoms with Crippen LogP contribution >= 0.6 is 0 Å². The molecule has 0 N–H and O–H groups in total. The average Bonchev–Trinajstić information content (AvgIpc) is 3.81. The predicted molar refractivity (Wildman–Crippen MR) is 207 cm³/mol. The summed E-state index contributed by atoms with van der Waals surface area (Å²) in [5, 5.41) is 5.14. The number of aromatic nitrogens is 2. The lowest BCUT2D eigenvalue weighted by Crippen LogP contribution is -2.26. The number of para-hydroxylation sites is 2. The molecule has 0 aliphatic heterocycles. The molecule has 0 bridgehead atoms. The van der Waals surface area contributed by atoms with E-state index in [4.69, 9.17) is 4.98 Å². The molecule has 0 fully saturated rings. The molecule has 0 radical (unpaired) electrons. The first-order valence-electron chi connectivity index (χ1n) is 17.6. The summed E-state index contributed by atoms with van der Waals surface area (Å²) in [5.74, 6) is 1.08. The molecule has 2 heteroatoms. The molecular formula is C48H32N2. The van der Waals surface area contributed by atoms with Crippen molar-refractivity contribution >= 4 is 32.6 Å². The normalized spacial score (nSPS) is 13.5. The molecule has 0 unspecified atom stereocenters. The Morgan fingerprint density at radius 3 is 1.92 bits per heavy atom. The van der Waals surface area contributed by atoms with Crippen molar-refractivity contribution in [1.29, 1.82) is 0 Å². The monoisotopic (exact) mass is 636 g/mol. The van der Waals surface area contributed by atoms with Crippen LogP contribution in [0.4, 0.5) is 0 Å². The van der Waals surface area contributed by atoms with Crippen molar-refractivity contribution in [3.63, 3.8) is 0 Å². The van der Waals surface area contributed by atoms with Crippen molar-refractivity contribution in [3.05, 3.63) is 192 Å². The summed E-state index contributed by atoms with van der Waals surface area (Å²) in [6.45, 7) is 2.17. The summed E-state index contributed by atoms with van der Waals surface area (Å²) in [6, 6.07) is 61.0. The van der Waals surface area contributed by atoms with Gasteiger partial charge in [0.05, 0.1) is 16.4 Å². The van der Waals surface area contributed by atoms with E-state index in [1.54, 1.807) is 0 Å². The van der Waals surface area contributed by atoms with E-state index in [2.05, 4.69) is 175 Å². The molecule has 11 rings (SSSR count). The minimum absolute atomic E-state index is 0.394. The SMILES string of the molecule is CCc1nc2ccccc2n1-c1ccc(-c2ccc3c4c(ccc3c2)-c2cc3ccccc3cc2C42c3ccccc3-c3ccccc32)cc1. The van der Waals surface area contributed by atoms with Crippen molar-refractivity contribution in [1.82, 2.24) is 9.55 Å². The largest absolute Gasteiger partial charge is 0.296 e. The maximum Gasteiger partial charge on any atom is 0.114 e. The third kappa shape index (κ3) is 3.55. The standard InChI is InChI=1S/C48H32N2/c1-2-46-49-44-17-9-10-18-45(44)50(46)35-23-19-30(20-24-35)33-21-25-36-34(27-33)22-26-39-40-28-31-11-3-4-12-32(31)29-43(40)48(47(36)39)41-15-7-5-13-37(41)38-14-6-8-16-42(38)48/h3-29H,2H2,1H3. The van der Waals surface area contributed by atoms with E-state index in [1.165, 1.54) is 77.2 Å². The zero-order valence-corrected chi connectivity index (χ0v) is 27.7. The Balaban J connectivity index is 1.12. The van der Waals surface area contributed by atoms with Gasteiger partial charge in [-0.2, -0.15) is 0 Å². The van der Waals surface area contributed by atoms with Gasteiger partial charge in [0.15, 0.2) is 0 Å². The van der Waals surface area contributed by atoms with Gasteiger partial charge in [-0.1, -0.05) is 128 Å². The lowest BCUT2D eigenvalue weighted by molar-refractivity contribution is 0.802. The molecule has 1 heterocycles. The fraction of sp³-hybridized carbons (Fsp3) is 0.0625. The van der Waals surface area contributed by atoms with Gasteiger partial charge in [0, 0.05) is 12.1 Å². The van der Waals surface area contributed by atoms with Gasteiger partial charge in [0.2, 0.25) is 0 Å². The number of aryl methyl sites for hydroxylation is 1. The predicted octanol–water partition coefficient (Wildman–Crippen LogP) is 11.9. The lowest BCUT2D eigenvalue weighted by Gasteiger charge is -2.31. The number of rotatable bonds is 3. The molecule has 50 heavy (non-hydrogen) atoms. The number of fused-ring (bicyclic) bond motifs is 14. The van der Waals surface area contributed by atoms with Crippen LogP contribution in [0.3, 0.4) is 0 Å². The van der Waals surface area contributed by atoms with Crippen molar-refractivity contribution in [2.24, 2.45) is 0 Å². The minimum Gasteiger partial charge on any atom is -0.296 e. The number of benzene rings is 8. The summed E-state index contributed by atoms with van der Waals surface area (Å²) in [6.07, 6.45) is 0.877. The van der Waals surface area contributed by atoms with Crippen LogP contribution in [-0.4, -0.2) is 9.55 Å². The highest BCUT2D eigenvalue weighted by Gasteiger charge is 2.52. The smallest absolute Gasteiger partial charge is 0.114 e. The average molecular weight is 637 g/mol. The van der Waals surface area contributed by atoms with Crippen LogP contribution in [0.1, 0.15) is 35.0 Å². The Morgan fingerprint density at radius 2 is 1.16 bits per heavy atom. The van der Waals surface area contributed by atoms with E-state index in [0.717, 1.165) is 29.0 Å². The molecule has 0 saturated heterocycles. The van der Waals surface area contributed by atoms with Crippen molar-refractivity contribution in [3.8, 4) is 39.1 Å². The van der Waals surface area contributed by atoms with E-state index in [1.807, 2.05) is 0 Å². The summed E-state index contributed by atoms with van der Waals surface area (Å²) < 4.78 is 2.29. The third-order valence-electron chi connectivity index (χ3n) is 11.3. The molecule has 2 aliphatic carbocycles. The summed E-state index contributed by atoms with van der Waals surface area (Å²) in [7, 11) is 0. The minimum atomic E-state index is -0.394. The Hall–Kier alpha value is -6.25. The van der Waals surface area contributed by atoms with Crippen molar-refractivity contribution < 1.29 is 0 Å². The Kier molecular flexibility index (Phi) is 5.61. The first kappa shape index (κ1) is 27.7. The number of hydrogen-bond acceptors (Lipinski definition) is 1. The number of hydrogen-bond donors (Lipinski definition) is 0. The zero-order valence-electron chi connectivity index (χ0n) is 27.7. The van der Waals surface area contributed by atoms with Gasteiger partial charge in [-0.25, -0.2) is 4.98 Å². The van der Waals surface area contributed by atoms with Gasteiger partial charge in [-0.05, 0) is 120 Å². The second-order valence-electron chi connectivity index (χ2n) is 13.8. The second-order valence-corrected chi connectivity index (χ2v) is 13.8. The maximum atomic E-state index is 4.90. The maximum absolute atomic E-state index is 4.90. The molecule has 0 atom stereocenters. The summed E-state index contributed by atoms with van der Waals surface area (Å²) in [5.41, 5.74) is 16.2. The van der Waals surface area contributed by atoms with E-state index in [9.17, 15) is 0 Å². The number of nitrogens with zero attached hydrogens (tertiary/aromatic N) is 2. The van der Waals surface area contributed by atoms with Gasteiger partial charge in [-0.15, -0.1) is 0 Å². The highest BCUT2D eigenvalue weighted by molar-refractivity contribution is 6.06. The van der Waals surface area contributed by atoms with Crippen LogP contribution in [0, 0.1) is 0 Å². The highest BCUT2D eigenvalue weighted by Crippen LogP contribution is 2.64. The highest BCUT2D eigenvalue weighted by atomic mass is 15.1. The summed E-state index contributed by atoms with van der Waals surface area (Å²) in [4.78, 5) is 4.90. The molecule has 2 aliphatic rings. The van der Waals surface area contributed by atoms with Gasteiger partial charge in [0.25, 0.3) is 0 Å². The Labute approximate surface area is 290 Å². The van der Waals surface area contributed by atoms with Crippen LogP contribution in [0.15, 0.2) is 164 Å². The van der Waals surface area contributed by atoms with Gasteiger partial charge in [-0.3, -0.25) is 4.57 Å². The quantitative estimate of drug-likeness (QED) is 0.189. The van der Waals surface area contributed by atoms with Gasteiger partial charge >= 0.3 is 0 Å². The van der Waals surface area contributed by atoms with Gasteiger partial charge in [0.1, 0.15) is 5.82 Å². The second kappa shape index (κ2) is 10.1. The van der Waals surface area contributed by atoms with Crippen LogP contribution in [0.25, 0.3) is 71.6 Å². The molecule has 0 amide bonds. The molecular weight excluding hydrogens is 605 g/mol. The van der Waals surface area contributed by atoms with Crippen molar-refractivity contribution in [2.45, 2.75) is 18.8 Å². The van der Waals surface area contributed by atoms with Crippen molar-refractivity contribution in [2.75, 3.05) is 0 Å². The molecule has 2 nitrogen and oxygen atoms in total.